The third kappa shape index (κ3) is 0.676. The van der Waals surface area contributed by atoms with E-state index >= 15 is 0 Å². The number of carbonyl (C=O) groups is 1. The quantitative estimate of drug-likeness (QED) is 0.513. The molecule has 0 saturated heterocycles. The van der Waals surface area contributed by atoms with Crippen molar-refractivity contribution in [3.63, 3.8) is 0 Å². The SMILES string of the molecule is NC(=O)c1ncc[nH]1. The van der Waals surface area contributed by atoms with Gasteiger partial charge in [0.2, 0.25) is 0 Å². The van der Waals surface area contributed by atoms with Gasteiger partial charge in [0.05, 0.1) is 0 Å². The van der Waals surface area contributed by atoms with Gasteiger partial charge in [-0.1, -0.05) is 0 Å². The van der Waals surface area contributed by atoms with Crippen LogP contribution in [0, 0.1) is 0 Å². The van der Waals surface area contributed by atoms with Gasteiger partial charge in [0.1, 0.15) is 0 Å². The van der Waals surface area contributed by atoms with Gasteiger partial charge < -0.3 is 10.7 Å². The molecule has 0 spiro atoms. The molecule has 0 aliphatic carbocycles. The monoisotopic (exact) mass is 111 g/mol. The van der Waals surface area contributed by atoms with E-state index in [0.29, 0.717) is 0 Å². The lowest BCUT2D eigenvalue weighted by Crippen LogP contribution is -2.12. The lowest BCUT2D eigenvalue weighted by Gasteiger charge is -1.80. The molecule has 1 heterocycles. The van der Waals surface area contributed by atoms with Crippen LogP contribution in [-0.2, 0) is 0 Å². The molecule has 0 radical (unpaired) electrons. The predicted octanol–water partition coefficient (Wildman–Crippen LogP) is -0.491. The largest absolute Gasteiger partial charge is 0.363 e. The maximum absolute atomic E-state index is 10.2. The summed E-state index contributed by atoms with van der Waals surface area (Å²) in [6.45, 7) is 0. The number of nitrogens with two attached hydrogens (primary N) is 1. The Morgan fingerprint density at radius 1 is 1.88 bits per heavy atom. The minimum atomic E-state index is -0.532. The summed E-state index contributed by atoms with van der Waals surface area (Å²) in [5, 5.41) is 0. The number of hydrogen-bond acceptors (Lipinski definition) is 2. The number of aromatic amines is 1. The number of nitrogens with one attached hydrogen (secondary N) is 1. The van der Waals surface area contributed by atoms with E-state index in [1.807, 2.05) is 0 Å². The van der Waals surface area contributed by atoms with Crippen LogP contribution in [0.15, 0.2) is 12.4 Å². The summed E-state index contributed by atoms with van der Waals surface area (Å²) >= 11 is 0. The second-order valence-corrected chi connectivity index (χ2v) is 1.30. The molecule has 1 aromatic heterocycles. The number of imidazole rings is 1. The van der Waals surface area contributed by atoms with Crippen molar-refractivity contribution in [3.05, 3.63) is 18.2 Å². The van der Waals surface area contributed by atoms with Crippen LogP contribution in [0.5, 0.6) is 0 Å². The molecule has 0 aliphatic heterocycles. The highest BCUT2D eigenvalue weighted by Gasteiger charge is 1.97. The number of hydrogen-bond donors (Lipinski definition) is 2. The van der Waals surface area contributed by atoms with Crippen LogP contribution in [-0.4, -0.2) is 15.9 Å². The molecule has 0 unspecified atom stereocenters. The van der Waals surface area contributed by atoms with Gasteiger partial charge in [0.15, 0.2) is 5.82 Å². The fourth-order valence-electron chi connectivity index (χ4n) is 0.400. The van der Waals surface area contributed by atoms with Crippen molar-refractivity contribution in [1.82, 2.24) is 9.97 Å². The van der Waals surface area contributed by atoms with Gasteiger partial charge in [-0.05, 0) is 0 Å². The molecular weight excluding hydrogens is 106 g/mol. The first-order chi connectivity index (χ1) is 3.80. The first-order valence-electron chi connectivity index (χ1n) is 2.10. The van der Waals surface area contributed by atoms with E-state index in [1.165, 1.54) is 6.20 Å². The maximum Gasteiger partial charge on any atom is 0.284 e. The molecule has 8 heavy (non-hydrogen) atoms. The number of H-pyrrole nitrogens is 1. The lowest BCUT2D eigenvalue weighted by atomic mass is 10.6. The fraction of sp³-hybridized carbons (Fsp3) is 0. The Balaban J connectivity index is 2.93. The number of amides is 1. The highest BCUT2D eigenvalue weighted by molar-refractivity contribution is 5.88. The summed E-state index contributed by atoms with van der Waals surface area (Å²) in [5.74, 6) is -0.333. The van der Waals surface area contributed by atoms with Gasteiger partial charge in [-0.2, -0.15) is 0 Å². The molecule has 1 aromatic rings. The lowest BCUT2D eigenvalue weighted by molar-refractivity contribution is 0.0991. The fourth-order valence-corrected chi connectivity index (χ4v) is 0.400. The van der Waals surface area contributed by atoms with Crippen LogP contribution < -0.4 is 5.73 Å². The average molecular weight is 111 g/mol. The Morgan fingerprint density at radius 3 is 2.88 bits per heavy atom. The normalized spacial score (nSPS) is 9.00. The highest BCUT2D eigenvalue weighted by atomic mass is 16.1. The number of carbonyl (C=O) groups excluding carboxylic acids is 1. The van der Waals surface area contributed by atoms with E-state index in [0.717, 1.165) is 0 Å². The zero-order valence-electron chi connectivity index (χ0n) is 4.09. The number of primary amides is 1. The number of rotatable bonds is 1. The minimum Gasteiger partial charge on any atom is -0.363 e. The Hall–Kier alpha value is -1.32. The van der Waals surface area contributed by atoms with Gasteiger partial charge in [-0.25, -0.2) is 4.98 Å². The van der Waals surface area contributed by atoms with Gasteiger partial charge in [-0.15, -0.1) is 0 Å². The van der Waals surface area contributed by atoms with Crippen molar-refractivity contribution < 1.29 is 4.79 Å². The topological polar surface area (TPSA) is 71.8 Å². The minimum absolute atomic E-state index is 0.199. The smallest absolute Gasteiger partial charge is 0.284 e. The zero-order valence-corrected chi connectivity index (χ0v) is 4.09. The second kappa shape index (κ2) is 1.65. The van der Waals surface area contributed by atoms with E-state index in [4.69, 9.17) is 5.73 Å². The molecule has 4 heteroatoms. The summed E-state index contributed by atoms with van der Waals surface area (Å²) in [6.07, 6.45) is 3.01. The summed E-state index contributed by atoms with van der Waals surface area (Å²) < 4.78 is 0. The van der Waals surface area contributed by atoms with Crippen molar-refractivity contribution in [2.24, 2.45) is 5.73 Å². The van der Waals surface area contributed by atoms with E-state index in [-0.39, 0.29) is 5.82 Å². The molecule has 0 aromatic carbocycles. The van der Waals surface area contributed by atoms with E-state index in [2.05, 4.69) is 9.97 Å². The molecule has 4 nitrogen and oxygen atoms in total. The number of nitrogens with zero attached hydrogens (tertiary/aromatic N) is 1. The van der Waals surface area contributed by atoms with Crippen molar-refractivity contribution >= 4 is 5.91 Å². The van der Waals surface area contributed by atoms with Crippen molar-refractivity contribution in [3.8, 4) is 0 Å². The third-order valence-corrected chi connectivity index (χ3v) is 0.732. The van der Waals surface area contributed by atoms with Crippen LogP contribution in [0.2, 0.25) is 0 Å². The maximum atomic E-state index is 10.2. The third-order valence-electron chi connectivity index (χ3n) is 0.732. The first-order valence-corrected chi connectivity index (χ1v) is 2.10. The van der Waals surface area contributed by atoms with Crippen LogP contribution in [0.1, 0.15) is 10.6 Å². The molecule has 0 fully saturated rings. The van der Waals surface area contributed by atoms with Gasteiger partial charge in [0.25, 0.3) is 5.91 Å². The molecule has 42 valence electrons. The predicted molar refractivity (Wildman–Crippen MR) is 27.1 cm³/mol. The zero-order chi connectivity index (χ0) is 5.98. The van der Waals surface area contributed by atoms with Crippen LogP contribution in [0.3, 0.4) is 0 Å². The highest BCUT2D eigenvalue weighted by Crippen LogP contribution is 1.82. The molecular formula is C4H5N3O. The summed E-state index contributed by atoms with van der Waals surface area (Å²) in [7, 11) is 0. The molecule has 3 N–H and O–H groups in total. The van der Waals surface area contributed by atoms with Crippen LogP contribution in [0.25, 0.3) is 0 Å². The van der Waals surface area contributed by atoms with E-state index < -0.39 is 5.91 Å². The molecule has 1 rings (SSSR count). The number of aromatic nitrogens is 2. The van der Waals surface area contributed by atoms with E-state index in [9.17, 15) is 4.79 Å². The molecule has 0 atom stereocenters. The Labute approximate surface area is 45.7 Å². The molecule has 1 amide bonds. The van der Waals surface area contributed by atoms with Gasteiger partial charge in [-0.3, -0.25) is 4.79 Å². The summed E-state index contributed by atoms with van der Waals surface area (Å²) in [4.78, 5) is 16.3. The Morgan fingerprint density at radius 2 is 2.62 bits per heavy atom. The van der Waals surface area contributed by atoms with Crippen LogP contribution >= 0.6 is 0 Å². The van der Waals surface area contributed by atoms with E-state index in [1.54, 1.807) is 6.20 Å². The second-order valence-electron chi connectivity index (χ2n) is 1.30. The van der Waals surface area contributed by atoms with Crippen LogP contribution in [0.4, 0.5) is 0 Å². The Bertz CT molecular complexity index is 179. The van der Waals surface area contributed by atoms with Gasteiger partial charge in [0, 0.05) is 12.4 Å². The van der Waals surface area contributed by atoms with Gasteiger partial charge >= 0.3 is 0 Å². The molecule has 0 aliphatic rings. The molecule has 0 bridgehead atoms. The Kier molecular flexibility index (Phi) is 0.997. The van der Waals surface area contributed by atoms with Crippen molar-refractivity contribution in [1.29, 1.82) is 0 Å². The first kappa shape index (κ1) is 4.83. The standard InChI is InChI=1S/C4H5N3O/c5-3(8)4-6-1-2-7-4/h1-2H,(H2,5,8)(H,6,7). The summed E-state index contributed by atoms with van der Waals surface area (Å²) in [5.41, 5.74) is 4.83. The average Bonchev–Trinajstić information content (AvgIpc) is 2.12. The molecule has 0 saturated carbocycles. The summed E-state index contributed by atoms with van der Waals surface area (Å²) in [6, 6.07) is 0. The van der Waals surface area contributed by atoms with Crippen molar-refractivity contribution in [2.75, 3.05) is 0 Å². The van der Waals surface area contributed by atoms with Crippen molar-refractivity contribution in [2.45, 2.75) is 0 Å².